The molecule has 7 heteroatoms. The van der Waals surface area contributed by atoms with Crippen molar-refractivity contribution in [2.45, 2.75) is 26.5 Å². The minimum Gasteiger partial charge on any atom is -0.490 e. The summed E-state index contributed by atoms with van der Waals surface area (Å²) in [5.74, 6) is 1.08. The number of hydrogen-bond donors (Lipinski definition) is 1. The van der Waals surface area contributed by atoms with E-state index in [4.69, 9.17) is 9.26 Å². The smallest absolute Gasteiger partial charge is 0.255 e. The quantitative estimate of drug-likeness (QED) is 0.651. The summed E-state index contributed by atoms with van der Waals surface area (Å²) in [5.41, 5.74) is 1.30. The van der Waals surface area contributed by atoms with Gasteiger partial charge in [0.1, 0.15) is 5.75 Å². The van der Waals surface area contributed by atoms with Gasteiger partial charge in [0.05, 0.1) is 18.2 Å². The Kier molecular flexibility index (Phi) is 5.68. The van der Waals surface area contributed by atoms with Gasteiger partial charge in [-0.2, -0.15) is 4.98 Å². The monoisotopic (exact) mass is 415 g/mol. The molecule has 1 amide bonds. The zero-order valence-corrected chi connectivity index (χ0v) is 16.0. The van der Waals surface area contributed by atoms with Gasteiger partial charge in [0.25, 0.3) is 5.91 Å². The fourth-order valence-electron chi connectivity index (χ4n) is 2.33. The van der Waals surface area contributed by atoms with Crippen LogP contribution in [0, 0.1) is 0 Å². The second-order valence-corrected chi connectivity index (χ2v) is 6.78. The Labute approximate surface area is 159 Å². The van der Waals surface area contributed by atoms with E-state index < -0.39 is 0 Å². The van der Waals surface area contributed by atoms with Crippen molar-refractivity contribution in [3.05, 3.63) is 64.5 Å². The fraction of sp³-hybridized carbons (Fsp3) is 0.211. The molecule has 3 aromatic rings. The summed E-state index contributed by atoms with van der Waals surface area (Å²) in [6.45, 7) is 3.96. The van der Waals surface area contributed by atoms with E-state index in [2.05, 4.69) is 31.4 Å². The van der Waals surface area contributed by atoms with Gasteiger partial charge in [-0.05, 0) is 38.1 Å². The Bertz CT molecular complexity index is 908. The summed E-state index contributed by atoms with van der Waals surface area (Å²) in [5, 5.41) is 6.73. The molecule has 0 aliphatic heterocycles. The highest BCUT2D eigenvalue weighted by molar-refractivity contribution is 9.10. The zero-order valence-electron chi connectivity index (χ0n) is 14.4. The third kappa shape index (κ3) is 4.49. The predicted molar refractivity (Wildman–Crippen MR) is 101 cm³/mol. The molecule has 1 N–H and O–H groups in total. The van der Waals surface area contributed by atoms with Gasteiger partial charge in [0.2, 0.25) is 11.7 Å². The van der Waals surface area contributed by atoms with E-state index in [1.807, 2.05) is 44.2 Å². The Morgan fingerprint density at radius 2 is 2.04 bits per heavy atom. The van der Waals surface area contributed by atoms with Crippen LogP contribution >= 0.6 is 15.9 Å². The molecule has 0 bridgehead atoms. The molecule has 0 unspecified atom stereocenters. The van der Waals surface area contributed by atoms with Gasteiger partial charge < -0.3 is 14.6 Å². The maximum Gasteiger partial charge on any atom is 0.255 e. The summed E-state index contributed by atoms with van der Waals surface area (Å²) in [6.07, 6.45) is -0.0207. The molecule has 0 spiro atoms. The standard InChI is InChI=1S/C19H18BrN3O3/c1-12(2)25-16-9-4-3-8-15(16)19(24)21-11-17-22-18(23-26-17)13-6-5-7-14(20)10-13/h3-10,12H,11H2,1-2H3,(H,21,24). The van der Waals surface area contributed by atoms with Crippen LogP contribution in [0.3, 0.4) is 0 Å². The highest BCUT2D eigenvalue weighted by Crippen LogP contribution is 2.21. The molecular weight excluding hydrogens is 398 g/mol. The Morgan fingerprint density at radius 3 is 2.81 bits per heavy atom. The van der Waals surface area contributed by atoms with Gasteiger partial charge in [-0.1, -0.05) is 45.4 Å². The molecule has 0 aliphatic rings. The van der Waals surface area contributed by atoms with E-state index in [0.717, 1.165) is 10.0 Å². The first-order chi connectivity index (χ1) is 12.5. The molecule has 1 heterocycles. The molecule has 0 saturated heterocycles. The van der Waals surface area contributed by atoms with Crippen molar-refractivity contribution in [2.75, 3.05) is 0 Å². The molecule has 26 heavy (non-hydrogen) atoms. The Balaban J connectivity index is 1.67. The Morgan fingerprint density at radius 1 is 1.23 bits per heavy atom. The van der Waals surface area contributed by atoms with E-state index in [1.54, 1.807) is 18.2 Å². The predicted octanol–water partition coefficient (Wildman–Crippen LogP) is 4.22. The molecular formula is C19H18BrN3O3. The second-order valence-electron chi connectivity index (χ2n) is 5.87. The molecule has 0 saturated carbocycles. The summed E-state index contributed by atoms with van der Waals surface area (Å²) in [4.78, 5) is 16.8. The minimum absolute atomic E-state index is 0.0207. The zero-order chi connectivity index (χ0) is 18.5. The summed E-state index contributed by atoms with van der Waals surface area (Å²) in [7, 11) is 0. The van der Waals surface area contributed by atoms with E-state index >= 15 is 0 Å². The van der Waals surface area contributed by atoms with Crippen molar-refractivity contribution in [1.29, 1.82) is 0 Å². The lowest BCUT2D eigenvalue weighted by atomic mass is 10.2. The Hall–Kier alpha value is -2.67. The number of carbonyl (C=O) groups is 1. The van der Waals surface area contributed by atoms with Crippen LogP contribution < -0.4 is 10.1 Å². The molecule has 1 aromatic heterocycles. The molecule has 0 aliphatic carbocycles. The largest absolute Gasteiger partial charge is 0.490 e. The molecule has 134 valence electrons. The van der Waals surface area contributed by atoms with Crippen LogP contribution in [-0.2, 0) is 6.54 Å². The van der Waals surface area contributed by atoms with Crippen molar-refractivity contribution in [3.63, 3.8) is 0 Å². The van der Waals surface area contributed by atoms with Crippen molar-refractivity contribution in [3.8, 4) is 17.1 Å². The highest BCUT2D eigenvalue weighted by Gasteiger charge is 2.15. The van der Waals surface area contributed by atoms with Crippen LogP contribution in [-0.4, -0.2) is 22.2 Å². The van der Waals surface area contributed by atoms with Gasteiger partial charge in [-0.3, -0.25) is 4.79 Å². The molecule has 0 radical (unpaired) electrons. The first kappa shape index (κ1) is 18.1. The molecule has 0 fully saturated rings. The van der Waals surface area contributed by atoms with Gasteiger partial charge in [-0.15, -0.1) is 0 Å². The first-order valence-corrected chi connectivity index (χ1v) is 8.94. The van der Waals surface area contributed by atoms with Gasteiger partial charge in [-0.25, -0.2) is 0 Å². The number of nitrogens with zero attached hydrogens (tertiary/aromatic N) is 2. The SMILES string of the molecule is CC(C)Oc1ccccc1C(=O)NCc1nc(-c2cccc(Br)c2)no1. The van der Waals surface area contributed by atoms with E-state index in [-0.39, 0.29) is 18.6 Å². The summed E-state index contributed by atoms with van der Waals surface area (Å²) < 4.78 is 11.8. The minimum atomic E-state index is -0.261. The van der Waals surface area contributed by atoms with Crippen molar-refractivity contribution < 1.29 is 14.1 Å². The number of ether oxygens (including phenoxy) is 1. The van der Waals surface area contributed by atoms with Crippen LogP contribution in [0.4, 0.5) is 0 Å². The number of amides is 1. The van der Waals surface area contributed by atoms with Crippen molar-refractivity contribution in [2.24, 2.45) is 0 Å². The normalized spacial score (nSPS) is 10.8. The lowest BCUT2D eigenvalue weighted by Gasteiger charge is -2.13. The van der Waals surface area contributed by atoms with Crippen LogP contribution in [0.2, 0.25) is 0 Å². The second kappa shape index (κ2) is 8.14. The lowest BCUT2D eigenvalue weighted by Crippen LogP contribution is -2.24. The van der Waals surface area contributed by atoms with E-state index in [9.17, 15) is 4.79 Å². The van der Waals surface area contributed by atoms with Crippen molar-refractivity contribution >= 4 is 21.8 Å². The van der Waals surface area contributed by atoms with Gasteiger partial charge in [0.15, 0.2) is 0 Å². The number of halogens is 1. The number of benzene rings is 2. The molecule has 2 aromatic carbocycles. The average Bonchev–Trinajstić information content (AvgIpc) is 3.09. The summed E-state index contributed by atoms with van der Waals surface area (Å²) in [6, 6.07) is 14.7. The molecule has 6 nitrogen and oxygen atoms in total. The van der Waals surface area contributed by atoms with Crippen molar-refractivity contribution in [1.82, 2.24) is 15.5 Å². The third-order valence-corrected chi connectivity index (χ3v) is 3.94. The number of hydrogen-bond acceptors (Lipinski definition) is 5. The lowest BCUT2D eigenvalue weighted by molar-refractivity contribution is 0.0940. The van der Waals surface area contributed by atoms with E-state index in [1.165, 1.54) is 0 Å². The fourth-order valence-corrected chi connectivity index (χ4v) is 2.73. The van der Waals surface area contributed by atoms with E-state index in [0.29, 0.717) is 23.0 Å². The number of nitrogens with one attached hydrogen (secondary N) is 1. The number of carbonyl (C=O) groups excluding carboxylic acids is 1. The average molecular weight is 416 g/mol. The van der Waals surface area contributed by atoms with Gasteiger partial charge in [0, 0.05) is 10.0 Å². The van der Waals surface area contributed by atoms with Gasteiger partial charge >= 0.3 is 0 Å². The number of rotatable bonds is 6. The topological polar surface area (TPSA) is 77.2 Å². The summed E-state index contributed by atoms with van der Waals surface area (Å²) >= 11 is 3.41. The maximum absolute atomic E-state index is 12.5. The van der Waals surface area contributed by atoms with Crippen LogP contribution in [0.25, 0.3) is 11.4 Å². The molecule has 0 atom stereocenters. The number of para-hydroxylation sites is 1. The highest BCUT2D eigenvalue weighted by atomic mass is 79.9. The van der Waals surface area contributed by atoms with Crippen LogP contribution in [0.15, 0.2) is 57.5 Å². The van der Waals surface area contributed by atoms with Crippen LogP contribution in [0.1, 0.15) is 30.1 Å². The first-order valence-electron chi connectivity index (χ1n) is 8.15. The van der Waals surface area contributed by atoms with Crippen LogP contribution in [0.5, 0.6) is 5.75 Å². The number of aromatic nitrogens is 2. The molecule has 3 rings (SSSR count). The maximum atomic E-state index is 12.5. The third-order valence-electron chi connectivity index (χ3n) is 3.45.